The molecule has 3 rings (SSSR count). The summed E-state index contributed by atoms with van der Waals surface area (Å²) in [6.45, 7) is 0. The average molecular weight is 364 g/mol. The van der Waals surface area contributed by atoms with Crippen LogP contribution in [0, 0.1) is 0 Å². The molecule has 116 valence electrons. The van der Waals surface area contributed by atoms with Gasteiger partial charge in [0.2, 0.25) is 5.13 Å². The van der Waals surface area contributed by atoms with Gasteiger partial charge in [-0.25, -0.2) is 4.98 Å². The minimum atomic E-state index is 0.222. The van der Waals surface area contributed by atoms with Crippen LogP contribution < -0.4 is 5.43 Å². The van der Waals surface area contributed by atoms with E-state index in [4.69, 9.17) is 23.2 Å². The Labute approximate surface area is 147 Å². The van der Waals surface area contributed by atoms with Crippen LogP contribution in [-0.2, 0) is 0 Å². The predicted octanol–water partition coefficient (Wildman–Crippen LogP) is 5.27. The van der Waals surface area contributed by atoms with Gasteiger partial charge in [-0.3, -0.25) is 5.43 Å². The third-order valence-corrected chi connectivity index (χ3v) is 4.27. The fourth-order valence-electron chi connectivity index (χ4n) is 1.87. The Morgan fingerprint density at radius 2 is 1.91 bits per heavy atom. The van der Waals surface area contributed by atoms with Crippen LogP contribution >= 0.6 is 34.5 Å². The second-order valence-corrected chi connectivity index (χ2v) is 6.33. The Hall–Kier alpha value is -2.08. The number of rotatable bonds is 4. The van der Waals surface area contributed by atoms with Gasteiger partial charge in [-0.1, -0.05) is 23.2 Å². The zero-order valence-corrected chi connectivity index (χ0v) is 14.0. The van der Waals surface area contributed by atoms with Gasteiger partial charge in [0.25, 0.3) is 0 Å². The van der Waals surface area contributed by atoms with Gasteiger partial charge in [0.15, 0.2) is 0 Å². The van der Waals surface area contributed by atoms with Gasteiger partial charge in [-0.05, 0) is 48.0 Å². The molecule has 0 fully saturated rings. The molecule has 1 aromatic heterocycles. The monoisotopic (exact) mass is 363 g/mol. The maximum atomic E-state index is 9.22. The van der Waals surface area contributed by atoms with Crippen LogP contribution in [0.1, 0.15) is 5.56 Å². The number of hydrogen-bond donors (Lipinski definition) is 2. The van der Waals surface area contributed by atoms with Crippen LogP contribution in [0.2, 0.25) is 10.0 Å². The van der Waals surface area contributed by atoms with Crippen LogP contribution in [0.25, 0.3) is 11.3 Å². The van der Waals surface area contributed by atoms with Gasteiger partial charge in [0.1, 0.15) is 5.75 Å². The second-order valence-electron chi connectivity index (χ2n) is 4.62. The highest BCUT2D eigenvalue weighted by atomic mass is 35.5. The van der Waals surface area contributed by atoms with Crippen LogP contribution in [0.4, 0.5) is 5.13 Å². The molecule has 0 aliphatic rings. The van der Waals surface area contributed by atoms with Gasteiger partial charge in [-0.2, -0.15) is 5.10 Å². The van der Waals surface area contributed by atoms with E-state index in [0.29, 0.717) is 15.2 Å². The standard InChI is InChI=1S/C16H11Cl2N3OS/c17-11-3-6-13(14(18)7-11)15-9-23-16(20-15)21-19-8-10-1-4-12(22)5-2-10/h1-9,22H,(H,20,21)/b19-8-. The third-order valence-electron chi connectivity index (χ3n) is 2.98. The van der Waals surface area contributed by atoms with Gasteiger partial charge in [-0.15, -0.1) is 11.3 Å². The Balaban J connectivity index is 1.71. The molecule has 2 aromatic carbocycles. The van der Waals surface area contributed by atoms with E-state index in [1.54, 1.807) is 42.6 Å². The number of nitrogens with one attached hydrogen (secondary N) is 1. The Morgan fingerprint density at radius 3 is 2.65 bits per heavy atom. The number of anilines is 1. The first-order valence-corrected chi connectivity index (χ1v) is 8.24. The SMILES string of the molecule is Oc1ccc(/C=N\Nc2nc(-c3ccc(Cl)cc3Cl)cs2)cc1. The maximum Gasteiger partial charge on any atom is 0.203 e. The molecule has 7 heteroatoms. The zero-order valence-electron chi connectivity index (χ0n) is 11.7. The molecule has 0 radical (unpaired) electrons. The summed E-state index contributed by atoms with van der Waals surface area (Å²) in [5, 5.41) is 17.0. The summed E-state index contributed by atoms with van der Waals surface area (Å²) < 4.78 is 0. The fourth-order valence-corrected chi connectivity index (χ4v) is 3.03. The first-order chi connectivity index (χ1) is 11.1. The minimum absolute atomic E-state index is 0.222. The predicted molar refractivity (Wildman–Crippen MR) is 96.9 cm³/mol. The van der Waals surface area contributed by atoms with Gasteiger partial charge in [0.05, 0.1) is 16.9 Å². The first kappa shape index (κ1) is 15.8. The number of aromatic hydroxyl groups is 1. The number of aromatic nitrogens is 1. The highest BCUT2D eigenvalue weighted by Crippen LogP contribution is 2.32. The normalized spacial score (nSPS) is 11.0. The summed E-state index contributed by atoms with van der Waals surface area (Å²) in [5.74, 6) is 0.222. The van der Waals surface area contributed by atoms with Crippen LogP contribution in [0.5, 0.6) is 5.75 Å². The molecule has 0 bridgehead atoms. The number of nitrogens with zero attached hydrogens (tertiary/aromatic N) is 2. The van der Waals surface area contributed by atoms with Gasteiger partial charge < -0.3 is 5.11 Å². The van der Waals surface area contributed by atoms with Gasteiger partial charge >= 0.3 is 0 Å². The van der Waals surface area contributed by atoms with E-state index in [9.17, 15) is 5.11 Å². The molecule has 0 saturated heterocycles. The highest BCUT2D eigenvalue weighted by molar-refractivity contribution is 7.14. The van der Waals surface area contributed by atoms with Gasteiger partial charge in [0, 0.05) is 16.0 Å². The smallest absolute Gasteiger partial charge is 0.203 e. The van der Waals surface area contributed by atoms with Crippen LogP contribution in [0.15, 0.2) is 52.9 Å². The lowest BCUT2D eigenvalue weighted by Gasteiger charge is -2.00. The number of phenolic OH excluding ortho intramolecular Hbond substituents is 1. The fraction of sp³-hybridized carbons (Fsp3) is 0. The van der Waals surface area contributed by atoms with E-state index in [1.165, 1.54) is 11.3 Å². The first-order valence-electron chi connectivity index (χ1n) is 6.61. The van der Waals surface area contributed by atoms with E-state index < -0.39 is 0 Å². The zero-order chi connectivity index (χ0) is 16.2. The van der Waals surface area contributed by atoms with Crippen molar-refractivity contribution in [2.75, 3.05) is 5.43 Å². The van der Waals surface area contributed by atoms with E-state index >= 15 is 0 Å². The van der Waals surface area contributed by atoms with Crippen molar-refractivity contribution in [1.82, 2.24) is 4.98 Å². The topological polar surface area (TPSA) is 57.5 Å². The molecule has 0 aliphatic carbocycles. The number of hydrazone groups is 1. The molecule has 0 amide bonds. The molecule has 3 aromatic rings. The highest BCUT2D eigenvalue weighted by Gasteiger charge is 2.08. The molecule has 0 unspecified atom stereocenters. The number of phenols is 1. The van der Waals surface area contributed by atoms with Crippen molar-refractivity contribution in [3.05, 3.63) is 63.5 Å². The number of halogens is 2. The van der Waals surface area contributed by atoms with Crippen molar-refractivity contribution in [2.45, 2.75) is 0 Å². The summed E-state index contributed by atoms with van der Waals surface area (Å²) in [6.07, 6.45) is 1.65. The largest absolute Gasteiger partial charge is 0.508 e. The Bertz CT molecular complexity index is 847. The average Bonchev–Trinajstić information content (AvgIpc) is 2.98. The molecular weight excluding hydrogens is 353 g/mol. The lowest BCUT2D eigenvalue weighted by Crippen LogP contribution is -1.90. The van der Waals surface area contributed by atoms with Crippen molar-refractivity contribution in [2.24, 2.45) is 5.10 Å². The molecule has 1 heterocycles. The van der Waals surface area contributed by atoms with Crippen molar-refractivity contribution in [1.29, 1.82) is 0 Å². The molecule has 0 spiro atoms. The van der Waals surface area contributed by atoms with Crippen molar-refractivity contribution in [3.8, 4) is 17.0 Å². The molecule has 23 heavy (non-hydrogen) atoms. The quantitative estimate of drug-likeness (QED) is 0.490. The van der Waals surface area contributed by atoms with Crippen molar-refractivity contribution in [3.63, 3.8) is 0 Å². The molecule has 4 nitrogen and oxygen atoms in total. The summed E-state index contributed by atoms with van der Waals surface area (Å²) in [7, 11) is 0. The maximum absolute atomic E-state index is 9.22. The van der Waals surface area contributed by atoms with E-state index in [1.807, 2.05) is 11.4 Å². The van der Waals surface area contributed by atoms with Crippen LogP contribution in [-0.4, -0.2) is 16.3 Å². The molecule has 0 saturated carbocycles. The van der Waals surface area contributed by atoms with Crippen LogP contribution in [0.3, 0.4) is 0 Å². The summed E-state index contributed by atoms with van der Waals surface area (Å²) in [4.78, 5) is 4.44. The summed E-state index contributed by atoms with van der Waals surface area (Å²) >= 11 is 13.5. The number of benzene rings is 2. The van der Waals surface area contributed by atoms with Crippen molar-refractivity contribution >= 4 is 45.9 Å². The number of hydrogen-bond acceptors (Lipinski definition) is 5. The van der Waals surface area contributed by atoms with E-state index in [0.717, 1.165) is 16.8 Å². The minimum Gasteiger partial charge on any atom is -0.508 e. The summed E-state index contributed by atoms with van der Waals surface area (Å²) in [6, 6.07) is 12.0. The van der Waals surface area contributed by atoms with E-state index in [2.05, 4.69) is 15.5 Å². The molecule has 0 aliphatic heterocycles. The molecule has 2 N–H and O–H groups in total. The Morgan fingerprint density at radius 1 is 1.13 bits per heavy atom. The molecule has 0 atom stereocenters. The molecular formula is C16H11Cl2N3OS. The second kappa shape index (κ2) is 7.00. The van der Waals surface area contributed by atoms with Crippen molar-refractivity contribution < 1.29 is 5.11 Å². The summed E-state index contributed by atoms with van der Waals surface area (Å²) in [5.41, 5.74) is 5.33. The van der Waals surface area contributed by atoms with E-state index in [-0.39, 0.29) is 5.75 Å². The third kappa shape index (κ3) is 4.01. The lowest BCUT2D eigenvalue weighted by molar-refractivity contribution is 0.475. The lowest BCUT2D eigenvalue weighted by atomic mass is 10.2. The number of thiazole rings is 1. The Kier molecular flexibility index (Phi) is 4.81.